The van der Waals surface area contributed by atoms with Gasteiger partial charge in [-0.3, -0.25) is 19.2 Å². The maximum absolute atomic E-state index is 11.9. The van der Waals surface area contributed by atoms with Crippen LogP contribution in [0.1, 0.15) is 27.7 Å². The van der Waals surface area contributed by atoms with Gasteiger partial charge in [-0.15, -0.1) is 0 Å². The lowest BCUT2D eigenvalue weighted by Gasteiger charge is -2.45. The molecule has 0 saturated carbocycles. The van der Waals surface area contributed by atoms with Crippen LogP contribution in [0.5, 0.6) is 0 Å². The zero-order valence-corrected chi connectivity index (χ0v) is 17.2. The van der Waals surface area contributed by atoms with Gasteiger partial charge < -0.3 is 29.6 Å². The van der Waals surface area contributed by atoms with Gasteiger partial charge in [-0.05, 0) is 12.1 Å². The van der Waals surface area contributed by atoms with Crippen molar-refractivity contribution in [1.82, 2.24) is 5.32 Å². The number of hydrogen-bond acceptors (Lipinski definition) is 9. The molecule has 1 heterocycles. The number of carbonyl (C=O) groups is 4. The monoisotopic (exact) mass is 422 g/mol. The Morgan fingerprint density at radius 1 is 0.900 bits per heavy atom. The molecule has 0 radical (unpaired) electrons. The Kier molecular flexibility index (Phi) is 8.16. The molecule has 164 valence electrons. The van der Waals surface area contributed by atoms with Crippen LogP contribution in [-0.4, -0.2) is 61.0 Å². The molecule has 10 nitrogen and oxygen atoms in total. The van der Waals surface area contributed by atoms with Crippen molar-refractivity contribution in [3.63, 3.8) is 0 Å². The van der Waals surface area contributed by atoms with Gasteiger partial charge in [0, 0.05) is 33.4 Å². The predicted octanol–water partition coefficient (Wildman–Crippen LogP) is 0.755. The minimum absolute atomic E-state index is 0.245. The molecule has 1 aliphatic heterocycles. The summed E-state index contributed by atoms with van der Waals surface area (Å²) in [6.45, 7) is 4.68. The Morgan fingerprint density at radius 2 is 1.50 bits per heavy atom. The molecular formula is C20H26N2O8. The Balaban J connectivity index is 2.42. The summed E-state index contributed by atoms with van der Waals surface area (Å²) in [6.07, 6.45) is -4.04. The summed E-state index contributed by atoms with van der Waals surface area (Å²) in [5.74, 6) is -2.25. The fraction of sp³-hybridized carbons (Fsp3) is 0.500. The lowest BCUT2D eigenvalue weighted by atomic mass is 9.95. The number of nitrogens with one attached hydrogen (secondary N) is 2. The number of esters is 3. The molecule has 0 unspecified atom stereocenters. The highest BCUT2D eigenvalue weighted by molar-refractivity contribution is 5.74. The minimum Gasteiger partial charge on any atom is -0.463 e. The Morgan fingerprint density at radius 3 is 2.03 bits per heavy atom. The van der Waals surface area contributed by atoms with Crippen molar-refractivity contribution in [2.75, 3.05) is 11.9 Å². The lowest BCUT2D eigenvalue weighted by molar-refractivity contribution is -0.219. The highest BCUT2D eigenvalue weighted by Gasteiger charge is 2.50. The van der Waals surface area contributed by atoms with Crippen molar-refractivity contribution in [2.24, 2.45) is 0 Å². The fourth-order valence-corrected chi connectivity index (χ4v) is 3.15. The fourth-order valence-electron chi connectivity index (χ4n) is 3.15. The molecule has 0 bridgehead atoms. The predicted molar refractivity (Wildman–Crippen MR) is 104 cm³/mol. The SMILES string of the molecule is CC(=O)N[C@@H]1[C@@H](OC(C)=O)[C@H](OC(C)=O)[C@@H](COC(C)=O)O[C@H]1Nc1ccccc1. The third-order valence-corrected chi connectivity index (χ3v) is 4.20. The van der Waals surface area contributed by atoms with Crippen LogP contribution in [0.2, 0.25) is 0 Å². The number of ether oxygens (including phenoxy) is 4. The van der Waals surface area contributed by atoms with Gasteiger partial charge in [-0.1, -0.05) is 18.2 Å². The molecule has 0 aromatic heterocycles. The molecule has 0 aliphatic carbocycles. The third kappa shape index (κ3) is 6.73. The molecule has 30 heavy (non-hydrogen) atoms. The number of benzene rings is 1. The maximum atomic E-state index is 11.9. The molecule has 1 saturated heterocycles. The van der Waals surface area contributed by atoms with Crippen LogP contribution in [0.25, 0.3) is 0 Å². The Bertz CT molecular complexity index is 769. The smallest absolute Gasteiger partial charge is 0.303 e. The van der Waals surface area contributed by atoms with E-state index in [0.29, 0.717) is 5.69 Å². The molecule has 1 aromatic rings. The average Bonchev–Trinajstić information content (AvgIpc) is 2.64. The molecule has 1 amide bonds. The topological polar surface area (TPSA) is 129 Å². The number of rotatable bonds is 7. The van der Waals surface area contributed by atoms with Gasteiger partial charge >= 0.3 is 17.9 Å². The zero-order valence-electron chi connectivity index (χ0n) is 17.2. The van der Waals surface area contributed by atoms with Gasteiger partial charge in [0.05, 0.1) is 0 Å². The van der Waals surface area contributed by atoms with Crippen molar-refractivity contribution < 1.29 is 38.1 Å². The van der Waals surface area contributed by atoms with E-state index in [0.717, 1.165) is 0 Å². The van der Waals surface area contributed by atoms with Crippen LogP contribution in [0, 0.1) is 0 Å². The summed E-state index contributed by atoms with van der Waals surface area (Å²) in [7, 11) is 0. The summed E-state index contributed by atoms with van der Waals surface area (Å²) in [5, 5.41) is 5.82. The van der Waals surface area contributed by atoms with Crippen LogP contribution in [0.4, 0.5) is 5.69 Å². The van der Waals surface area contributed by atoms with Crippen molar-refractivity contribution in [3.05, 3.63) is 30.3 Å². The first-order valence-corrected chi connectivity index (χ1v) is 9.39. The standard InChI is InChI=1S/C20H26N2O8/c1-11(23)21-17-19(29-14(4)26)18(28-13(3)25)16(10-27-12(2)24)30-20(17)22-15-8-6-5-7-9-15/h5-9,16-20,22H,10H2,1-4H3,(H,21,23)/t16-,17-,18-,19-,20-/m1/s1. The third-order valence-electron chi connectivity index (χ3n) is 4.20. The number of carbonyl (C=O) groups excluding carboxylic acids is 4. The first-order chi connectivity index (χ1) is 14.2. The molecule has 1 aromatic carbocycles. The maximum Gasteiger partial charge on any atom is 0.303 e. The highest BCUT2D eigenvalue weighted by atomic mass is 16.6. The zero-order chi connectivity index (χ0) is 22.3. The van der Waals surface area contributed by atoms with E-state index in [2.05, 4.69) is 10.6 Å². The lowest BCUT2D eigenvalue weighted by Crippen LogP contribution is -2.67. The molecular weight excluding hydrogens is 396 g/mol. The van der Waals surface area contributed by atoms with Crippen molar-refractivity contribution in [2.45, 2.75) is 58.3 Å². The van der Waals surface area contributed by atoms with Gasteiger partial charge in [0.25, 0.3) is 0 Å². The van der Waals surface area contributed by atoms with Crippen LogP contribution in [0.3, 0.4) is 0 Å². The second kappa shape index (κ2) is 10.6. The number of amides is 1. The van der Waals surface area contributed by atoms with Crippen LogP contribution >= 0.6 is 0 Å². The molecule has 10 heteroatoms. The second-order valence-electron chi connectivity index (χ2n) is 6.78. The molecule has 1 aliphatic rings. The van der Waals surface area contributed by atoms with Crippen molar-refractivity contribution >= 4 is 29.5 Å². The van der Waals surface area contributed by atoms with E-state index in [1.165, 1.54) is 27.7 Å². The first kappa shape index (κ1) is 23.1. The van der Waals surface area contributed by atoms with E-state index in [-0.39, 0.29) is 6.61 Å². The van der Waals surface area contributed by atoms with E-state index in [9.17, 15) is 19.2 Å². The quantitative estimate of drug-likeness (QED) is 0.483. The summed E-state index contributed by atoms with van der Waals surface area (Å²) in [6, 6.07) is 8.12. The molecule has 2 N–H and O–H groups in total. The van der Waals surface area contributed by atoms with Crippen molar-refractivity contribution in [3.8, 4) is 0 Å². The van der Waals surface area contributed by atoms with Gasteiger partial charge in [0.15, 0.2) is 18.4 Å². The number of hydrogen-bond donors (Lipinski definition) is 2. The van der Waals surface area contributed by atoms with Crippen LogP contribution in [-0.2, 0) is 38.1 Å². The molecule has 1 fully saturated rings. The summed E-state index contributed by atoms with van der Waals surface area (Å²) in [4.78, 5) is 46.7. The number of para-hydroxylation sites is 1. The highest BCUT2D eigenvalue weighted by Crippen LogP contribution is 2.28. The van der Waals surface area contributed by atoms with Crippen LogP contribution < -0.4 is 10.6 Å². The Hall–Kier alpha value is -3.14. The van der Waals surface area contributed by atoms with E-state index in [4.69, 9.17) is 18.9 Å². The molecule has 0 spiro atoms. The van der Waals surface area contributed by atoms with E-state index < -0.39 is 54.4 Å². The summed E-state index contributed by atoms with van der Waals surface area (Å²) in [5.41, 5.74) is 0.677. The molecule has 5 atom stereocenters. The van der Waals surface area contributed by atoms with Gasteiger partial charge in [0.2, 0.25) is 5.91 Å². The average molecular weight is 422 g/mol. The van der Waals surface area contributed by atoms with Gasteiger partial charge in [-0.25, -0.2) is 0 Å². The van der Waals surface area contributed by atoms with Gasteiger partial charge in [-0.2, -0.15) is 0 Å². The number of anilines is 1. The Labute approximate surface area is 174 Å². The largest absolute Gasteiger partial charge is 0.463 e. The van der Waals surface area contributed by atoms with E-state index in [1.807, 2.05) is 6.07 Å². The normalized spacial score (nSPS) is 25.5. The molecule has 2 rings (SSSR count). The van der Waals surface area contributed by atoms with E-state index >= 15 is 0 Å². The second-order valence-corrected chi connectivity index (χ2v) is 6.78. The van der Waals surface area contributed by atoms with Crippen LogP contribution in [0.15, 0.2) is 30.3 Å². The minimum atomic E-state index is -1.11. The van der Waals surface area contributed by atoms with E-state index in [1.54, 1.807) is 24.3 Å². The van der Waals surface area contributed by atoms with Crippen molar-refractivity contribution in [1.29, 1.82) is 0 Å². The summed E-state index contributed by atoms with van der Waals surface area (Å²) < 4.78 is 21.8. The first-order valence-electron chi connectivity index (χ1n) is 9.39. The van der Waals surface area contributed by atoms with Gasteiger partial charge in [0.1, 0.15) is 18.8 Å². The summed E-state index contributed by atoms with van der Waals surface area (Å²) >= 11 is 0.